The molecule has 6 nitrogen and oxygen atoms in total. The number of carbonyl (C=O) groups excluding carboxylic acids is 1. The van der Waals surface area contributed by atoms with Crippen LogP contribution in [0.3, 0.4) is 0 Å². The minimum Gasteiger partial charge on any atom is -0.394 e. The number of nitrogens with zero attached hydrogens (tertiary/aromatic N) is 2. The van der Waals surface area contributed by atoms with Gasteiger partial charge in [-0.1, -0.05) is 59.2 Å². The average molecular weight is 367 g/mol. The van der Waals surface area contributed by atoms with E-state index in [4.69, 9.17) is 16.4 Å². The quantitative estimate of drug-likeness (QED) is 0.738. The smallest absolute Gasteiger partial charge is 0.239 e. The molecular weight excluding hydrogens is 352 g/mol. The fourth-order valence-corrected chi connectivity index (χ4v) is 2.88. The molecule has 0 spiro atoms. The second kappa shape index (κ2) is 7.01. The van der Waals surface area contributed by atoms with Crippen LogP contribution in [0, 0.1) is 5.92 Å². The molecule has 2 heterocycles. The summed E-state index contributed by atoms with van der Waals surface area (Å²) in [4.78, 5) is 25.1. The summed E-state index contributed by atoms with van der Waals surface area (Å²) >= 11 is 5.90. The number of imidazole rings is 1. The first kappa shape index (κ1) is 16.4. The molecule has 0 saturated carbocycles. The van der Waals surface area contributed by atoms with Crippen LogP contribution in [0.25, 0.3) is 11.3 Å². The Morgan fingerprint density at radius 2 is 1.88 bits per heavy atom. The van der Waals surface area contributed by atoms with Crippen molar-refractivity contribution >= 4 is 29.2 Å². The third-order valence-corrected chi connectivity index (χ3v) is 4.34. The van der Waals surface area contributed by atoms with Crippen molar-refractivity contribution in [2.45, 2.75) is 0 Å². The van der Waals surface area contributed by atoms with Gasteiger partial charge in [0.15, 0.2) is 0 Å². The summed E-state index contributed by atoms with van der Waals surface area (Å²) < 4.78 is 0. The van der Waals surface area contributed by atoms with E-state index in [0.717, 1.165) is 16.8 Å². The zero-order chi connectivity index (χ0) is 17.9. The highest BCUT2D eigenvalue weighted by Crippen LogP contribution is 2.22. The summed E-state index contributed by atoms with van der Waals surface area (Å²) in [6, 6.07) is 16.9. The van der Waals surface area contributed by atoms with Crippen molar-refractivity contribution in [2.75, 3.05) is 11.9 Å². The van der Waals surface area contributed by atoms with Crippen LogP contribution in [0.1, 0.15) is 5.56 Å². The number of anilines is 1. The van der Waals surface area contributed by atoms with Crippen molar-refractivity contribution < 1.29 is 9.63 Å². The van der Waals surface area contributed by atoms with Gasteiger partial charge in [-0.25, -0.2) is 4.98 Å². The number of halogens is 1. The Morgan fingerprint density at radius 3 is 2.65 bits per heavy atom. The number of oxime groups is 1. The van der Waals surface area contributed by atoms with E-state index in [2.05, 4.69) is 20.4 Å². The molecule has 1 aliphatic rings. The molecule has 1 aromatic heterocycles. The van der Waals surface area contributed by atoms with Gasteiger partial charge in [0.05, 0.1) is 11.9 Å². The molecule has 0 fully saturated rings. The van der Waals surface area contributed by atoms with Crippen LogP contribution in [0.15, 0.2) is 65.9 Å². The predicted molar refractivity (Wildman–Crippen MR) is 100 cm³/mol. The summed E-state index contributed by atoms with van der Waals surface area (Å²) in [7, 11) is 0. The maximum atomic E-state index is 12.6. The summed E-state index contributed by atoms with van der Waals surface area (Å²) in [5.74, 6) is -0.331. The van der Waals surface area contributed by atoms with E-state index in [0.29, 0.717) is 16.7 Å². The second-order valence-corrected chi connectivity index (χ2v) is 6.27. The van der Waals surface area contributed by atoms with Crippen LogP contribution in [0.5, 0.6) is 0 Å². The highest BCUT2D eigenvalue weighted by atomic mass is 35.5. The third-order valence-electron chi connectivity index (χ3n) is 4.09. The zero-order valence-electron chi connectivity index (χ0n) is 13.6. The number of carbonyl (C=O) groups is 1. The Hall–Kier alpha value is -3.12. The number of hydrogen-bond acceptors (Lipinski definition) is 4. The van der Waals surface area contributed by atoms with Crippen molar-refractivity contribution in [3.8, 4) is 11.3 Å². The first-order valence-electron chi connectivity index (χ1n) is 8.08. The van der Waals surface area contributed by atoms with E-state index in [-0.39, 0.29) is 12.5 Å². The van der Waals surface area contributed by atoms with E-state index >= 15 is 0 Å². The Bertz CT molecular complexity index is 951. The minimum absolute atomic E-state index is 0.209. The van der Waals surface area contributed by atoms with E-state index < -0.39 is 5.92 Å². The maximum absolute atomic E-state index is 12.6. The molecule has 0 radical (unpaired) electrons. The van der Waals surface area contributed by atoms with Gasteiger partial charge in [-0.05, 0) is 17.7 Å². The van der Waals surface area contributed by atoms with Crippen LogP contribution < -0.4 is 5.32 Å². The Kier molecular flexibility index (Phi) is 4.41. The molecular formula is C19H15ClN4O2. The number of H-pyrrole nitrogens is 1. The van der Waals surface area contributed by atoms with Gasteiger partial charge in [0, 0.05) is 10.6 Å². The van der Waals surface area contributed by atoms with Gasteiger partial charge in [-0.15, -0.1) is 0 Å². The molecule has 1 amide bonds. The van der Waals surface area contributed by atoms with Crippen molar-refractivity contribution in [1.29, 1.82) is 0 Å². The number of aromatic amines is 1. The van der Waals surface area contributed by atoms with Gasteiger partial charge in [-0.3, -0.25) is 10.1 Å². The summed E-state index contributed by atoms with van der Waals surface area (Å²) in [6.45, 7) is 0.209. The van der Waals surface area contributed by atoms with Crippen LogP contribution in [-0.2, 0) is 9.63 Å². The summed E-state index contributed by atoms with van der Waals surface area (Å²) in [5, 5.41) is 7.48. The summed E-state index contributed by atoms with van der Waals surface area (Å²) in [5.41, 5.74) is 3.20. The molecule has 1 atom stereocenters. The van der Waals surface area contributed by atoms with Crippen LogP contribution in [-0.4, -0.2) is 28.2 Å². The number of aromatic nitrogens is 2. The van der Waals surface area contributed by atoms with Crippen LogP contribution in [0.4, 0.5) is 5.95 Å². The molecule has 0 saturated heterocycles. The Balaban J connectivity index is 1.48. The fourth-order valence-electron chi connectivity index (χ4n) is 2.75. The molecule has 0 unspecified atom stereocenters. The molecule has 2 aromatic carbocycles. The van der Waals surface area contributed by atoms with E-state index in [1.807, 2.05) is 42.5 Å². The third kappa shape index (κ3) is 3.32. The zero-order valence-corrected chi connectivity index (χ0v) is 14.4. The largest absolute Gasteiger partial charge is 0.394 e. The molecule has 2 N–H and O–H groups in total. The van der Waals surface area contributed by atoms with Crippen LogP contribution in [0.2, 0.25) is 5.02 Å². The second-order valence-electron chi connectivity index (χ2n) is 5.83. The minimum atomic E-state index is -0.485. The molecule has 3 aromatic rings. The van der Waals surface area contributed by atoms with E-state index in [1.165, 1.54) is 0 Å². The van der Waals surface area contributed by atoms with Gasteiger partial charge in [0.25, 0.3) is 0 Å². The van der Waals surface area contributed by atoms with Crippen molar-refractivity contribution in [3.63, 3.8) is 0 Å². The molecule has 0 bridgehead atoms. The van der Waals surface area contributed by atoms with E-state index in [1.54, 1.807) is 18.3 Å². The molecule has 7 heteroatoms. The number of amides is 1. The highest BCUT2D eigenvalue weighted by molar-refractivity contribution is 6.30. The molecule has 130 valence electrons. The number of rotatable bonds is 4. The SMILES string of the molecule is O=C(Nc1ncc(-c2ccc(Cl)cc2)[nH]1)[C@@H]1CON=C1c1ccccc1. The molecule has 4 rings (SSSR count). The van der Waals surface area contributed by atoms with Gasteiger partial charge < -0.3 is 9.82 Å². The number of benzene rings is 2. The monoisotopic (exact) mass is 366 g/mol. The molecule has 0 aliphatic carbocycles. The topological polar surface area (TPSA) is 79.4 Å². The summed E-state index contributed by atoms with van der Waals surface area (Å²) in [6.07, 6.45) is 1.66. The van der Waals surface area contributed by atoms with Gasteiger partial charge in [0.1, 0.15) is 18.2 Å². The van der Waals surface area contributed by atoms with E-state index in [9.17, 15) is 4.79 Å². The first-order valence-corrected chi connectivity index (χ1v) is 8.45. The lowest BCUT2D eigenvalue weighted by molar-refractivity contribution is -0.118. The first-order chi connectivity index (χ1) is 12.7. The Morgan fingerprint density at radius 1 is 1.12 bits per heavy atom. The van der Waals surface area contributed by atoms with Gasteiger partial charge in [0.2, 0.25) is 11.9 Å². The standard InChI is InChI=1S/C19H15ClN4O2/c20-14-8-6-12(7-9-14)16-10-21-19(22-16)23-18(25)15-11-26-24-17(15)13-4-2-1-3-5-13/h1-10,15H,11H2,(H2,21,22,23,25)/t15-/m1/s1. The molecule has 26 heavy (non-hydrogen) atoms. The van der Waals surface area contributed by atoms with Gasteiger partial charge >= 0.3 is 0 Å². The lowest BCUT2D eigenvalue weighted by Crippen LogP contribution is -2.30. The fraction of sp³-hybridized carbons (Fsp3) is 0.105. The van der Waals surface area contributed by atoms with Crippen molar-refractivity contribution in [1.82, 2.24) is 9.97 Å². The lowest BCUT2D eigenvalue weighted by atomic mass is 9.97. The lowest BCUT2D eigenvalue weighted by Gasteiger charge is -2.10. The van der Waals surface area contributed by atoms with Crippen LogP contribution >= 0.6 is 11.6 Å². The highest BCUT2D eigenvalue weighted by Gasteiger charge is 2.31. The van der Waals surface area contributed by atoms with Crippen molar-refractivity contribution in [2.24, 2.45) is 11.1 Å². The maximum Gasteiger partial charge on any atom is 0.239 e. The average Bonchev–Trinajstić information content (AvgIpc) is 3.32. The Labute approximate surface area is 154 Å². The van der Waals surface area contributed by atoms with Gasteiger partial charge in [-0.2, -0.15) is 0 Å². The molecule has 1 aliphatic heterocycles. The number of hydrogen-bond donors (Lipinski definition) is 2. The number of nitrogens with one attached hydrogen (secondary N) is 2. The van der Waals surface area contributed by atoms with Crippen molar-refractivity contribution in [3.05, 3.63) is 71.4 Å². The predicted octanol–water partition coefficient (Wildman–Crippen LogP) is 3.72. The normalized spacial score (nSPS) is 16.0.